The SMILES string of the molecule is C=C(C)C(=O)OC(=O)OCCCCC. The molecule has 0 rings (SSSR count). The monoisotopic (exact) mass is 200 g/mol. The van der Waals surface area contributed by atoms with E-state index >= 15 is 0 Å². The molecule has 0 spiro atoms. The van der Waals surface area contributed by atoms with Crippen LogP contribution in [0.1, 0.15) is 33.1 Å². The van der Waals surface area contributed by atoms with Crippen LogP contribution < -0.4 is 0 Å². The number of carbonyl (C=O) groups excluding carboxylic acids is 2. The van der Waals surface area contributed by atoms with Crippen LogP contribution in [0, 0.1) is 0 Å². The minimum atomic E-state index is -0.950. The number of hydrogen-bond donors (Lipinski definition) is 0. The van der Waals surface area contributed by atoms with Crippen LogP contribution in [0.25, 0.3) is 0 Å². The molecular formula is C10H16O4. The molecular weight excluding hydrogens is 184 g/mol. The van der Waals surface area contributed by atoms with Crippen molar-refractivity contribution in [3.8, 4) is 0 Å². The molecule has 0 radical (unpaired) electrons. The molecule has 0 aliphatic rings. The molecule has 0 atom stereocenters. The van der Waals surface area contributed by atoms with E-state index in [0.29, 0.717) is 0 Å². The zero-order valence-electron chi connectivity index (χ0n) is 8.67. The molecule has 0 unspecified atom stereocenters. The number of ether oxygens (including phenoxy) is 2. The molecule has 0 aromatic rings. The molecule has 80 valence electrons. The lowest BCUT2D eigenvalue weighted by atomic mass is 10.3. The summed E-state index contributed by atoms with van der Waals surface area (Å²) in [6, 6.07) is 0. The lowest BCUT2D eigenvalue weighted by molar-refractivity contribution is -0.135. The fourth-order valence-electron chi connectivity index (χ4n) is 0.700. The first-order chi connectivity index (χ1) is 6.57. The van der Waals surface area contributed by atoms with E-state index in [9.17, 15) is 9.59 Å². The van der Waals surface area contributed by atoms with Crippen molar-refractivity contribution in [1.29, 1.82) is 0 Å². The molecule has 0 heterocycles. The minimum Gasteiger partial charge on any atom is -0.434 e. The predicted molar refractivity (Wildman–Crippen MR) is 51.8 cm³/mol. The summed E-state index contributed by atoms with van der Waals surface area (Å²) in [6.45, 7) is 7.13. The number of rotatable bonds is 5. The summed E-state index contributed by atoms with van der Waals surface area (Å²) in [4.78, 5) is 21.6. The van der Waals surface area contributed by atoms with Crippen LogP contribution in [0.4, 0.5) is 4.79 Å². The van der Waals surface area contributed by atoms with E-state index in [1.165, 1.54) is 6.92 Å². The molecule has 0 saturated heterocycles. The molecule has 0 amide bonds. The Morgan fingerprint density at radius 1 is 1.29 bits per heavy atom. The van der Waals surface area contributed by atoms with Gasteiger partial charge in [-0.15, -0.1) is 0 Å². The molecule has 4 nitrogen and oxygen atoms in total. The molecule has 4 heteroatoms. The highest BCUT2D eigenvalue weighted by atomic mass is 16.7. The number of esters is 1. The second-order valence-electron chi connectivity index (χ2n) is 2.98. The highest BCUT2D eigenvalue weighted by molar-refractivity contribution is 5.93. The lowest BCUT2D eigenvalue weighted by Crippen LogP contribution is -2.14. The molecule has 14 heavy (non-hydrogen) atoms. The van der Waals surface area contributed by atoms with Crippen LogP contribution in [0.2, 0.25) is 0 Å². The molecule has 0 N–H and O–H groups in total. The maximum Gasteiger partial charge on any atom is 0.516 e. The van der Waals surface area contributed by atoms with Crippen molar-refractivity contribution < 1.29 is 19.1 Å². The van der Waals surface area contributed by atoms with Crippen LogP contribution in [0.5, 0.6) is 0 Å². The van der Waals surface area contributed by atoms with Gasteiger partial charge in [0.05, 0.1) is 6.61 Å². The Morgan fingerprint density at radius 2 is 1.93 bits per heavy atom. The van der Waals surface area contributed by atoms with Crippen molar-refractivity contribution in [2.45, 2.75) is 33.1 Å². The lowest BCUT2D eigenvalue weighted by Gasteiger charge is -2.03. The molecule has 0 aliphatic carbocycles. The Bertz CT molecular complexity index is 220. The van der Waals surface area contributed by atoms with Crippen LogP contribution in [0.15, 0.2) is 12.2 Å². The summed E-state index contributed by atoms with van der Waals surface area (Å²) >= 11 is 0. The van der Waals surface area contributed by atoms with Crippen molar-refractivity contribution in [3.63, 3.8) is 0 Å². The van der Waals surface area contributed by atoms with Gasteiger partial charge in [-0.2, -0.15) is 0 Å². The van der Waals surface area contributed by atoms with E-state index in [1.807, 2.05) is 6.92 Å². The molecule has 0 aromatic heterocycles. The fraction of sp³-hybridized carbons (Fsp3) is 0.600. The van der Waals surface area contributed by atoms with Gasteiger partial charge in [0.25, 0.3) is 0 Å². The quantitative estimate of drug-likeness (QED) is 0.296. The normalized spacial score (nSPS) is 9.29. The number of unbranched alkanes of at least 4 members (excludes halogenated alkanes) is 2. The third-order valence-corrected chi connectivity index (χ3v) is 1.49. The van der Waals surface area contributed by atoms with Crippen LogP contribution in [0.3, 0.4) is 0 Å². The van der Waals surface area contributed by atoms with Gasteiger partial charge in [0.1, 0.15) is 0 Å². The van der Waals surface area contributed by atoms with E-state index in [-0.39, 0.29) is 12.2 Å². The largest absolute Gasteiger partial charge is 0.516 e. The summed E-state index contributed by atoms with van der Waals surface area (Å²) in [7, 11) is 0. The summed E-state index contributed by atoms with van der Waals surface area (Å²) < 4.78 is 8.93. The average molecular weight is 200 g/mol. The first kappa shape index (κ1) is 12.7. The Hall–Kier alpha value is -1.32. The predicted octanol–water partition coefficient (Wildman–Crippen LogP) is 2.43. The zero-order valence-corrected chi connectivity index (χ0v) is 8.67. The summed E-state index contributed by atoms with van der Waals surface area (Å²) in [6.07, 6.45) is 1.87. The highest BCUT2D eigenvalue weighted by Gasteiger charge is 2.11. The van der Waals surface area contributed by atoms with E-state index in [0.717, 1.165) is 19.3 Å². The zero-order chi connectivity index (χ0) is 11.0. The Balaban J connectivity index is 3.56. The van der Waals surface area contributed by atoms with Gasteiger partial charge in [-0.1, -0.05) is 26.3 Å². The van der Waals surface area contributed by atoms with E-state index in [4.69, 9.17) is 0 Å². The smallest absolute Gasteiger partial charge is 0.434 e. The second kappa shape index (κ2) is 7.12. The van der Waals surface area contributed by atoms with E-state index in [1.54, 1.807) is 0 Å². The summed E-state index contributed by atoms with van der Waals surface area (Å²) in [5.41, 5.74) is 0.176. The number of carbonyl (C=O) groups is 2. The van der Waals surface area contributed by atoms with Crippen molar-refractivity contribution in [2.75, 3.05) is 6.61 Å². The third-order valence-electron chi connectivity index (χ3n) is 1.49. The topological polar surface area (TPSA) is 52.6 Å². The Labute approximate surface area is 83.9 Å². The van der Waals surface area contributed by atoms with Gasteiger partial charge in [-0.25, -0.2) is 9.59 Å². The van der Waals surface area contributed by atoms with Crippen LogP contribution in [-0.2, 0) is 14.3 Å². The van der Waals surface area contributed by atoms with Crippen LogP contribution in [-0.4, -0.2) is 18.7 Å². The van der Waals surface area contributed by atoms with Crippen molar-refractivity contribution >= 4 is 12.1 Å². The summed E-state index contributed by atoms with van der Waals surface area (Å²) in [5.74, 6) is -0.745. The first-order valence-corrected chi connectivity index (χ1v) is 4.62. The molecule has 0 aliphatic heterocycles. The maximum atomic E-state index is 10.8. The van der Waals surface area contributed by atoms with Crippen LogP contribution >= 0.6 is 0 Å². The average Bonchev–Trinajstić information content (AvgIpc) is 2.12. The standard InChI is InChI=1S/C10H16O4/c1-4-5-6-7-13-10(12)14-9(11)8(2)3/h2,4-7H2,1,3H3. The number of hydrogen-bond acceptors (Lipinski definition) is 4. The molecule has 0 aromatic carbocycles. The van der Waals surface area contributed by atoms with Gasteiger partial charge in [0.2, 0.25) is 0 Å². The van der Waals surface area contributed by atoms with Gasteiger partial charge < -0.3 is 9.47 Å². The Kier molecular flexibility index (Phi) is 6.45. The second-order valence-corrected chi connectivity index (χ2v) is 2.98. The van der Waals surface area contributed by atoms with Gasteiger partial charge in [0.15, 0.2) is 0 Å². The van der Waals surface area contributed by atoms with Crippen molar-refractivity contribution in [3.05, 3.63) is 12.2 Å². The highest BCUT2D eigenvalue weighted by Crippen LogP contribution is 1.98. The molecule has 0 bridgehead atoms. The first-order valence-electron chi connectivity index (χ1n) is 4.62. The van der Waals surface area contributed by atoms with Crippen molar-refractivity contribution in [1.82, 2.24) is 0 Å². The molecule has 0 fully saturated rings. The van der Waals surface area contributed by atoms with Gasteiger partial charge >= 0.3 is 12.1 Å². The minimum absolute atomic E-state index is 0.176. The van der Waals surface area contributed by atoms with E-state index < -0.39 is 12.1 Å². The Morgan fingerprint density at radius 3 is 2.43 bits per heavy atom. The van der Waals surface area contributed by atoms with E-state index in [2.05, 4.69) is 16.1 Å². The maximum absolute atomic E-state index is 10.8. The van der Waals surface area contributed by atoms with Crippen molar-refractivity contribution in [2.24, 2.45) is 0 Å². The molecule has 0 saturated carbocycles. The fourth-order valence-corrected chi connectivity index (χ4v) is 0.700. The third kappa shape index (κ3) is 6.22. The summed E-state index contributed by atoms with van der Waals surface area (Å²) in [5, 5.41) is 0. The van der Waals surface area contributed by atoms with Gasteiger partial charge in [0, 0.05) is 5.57 Å². The van der Waals surface area contributed by atoms with Gasteiger partial charge in [-0.3, -0.25) is 0 Å². The van der Waals surface area contributed by atoms with Gasteiger partial charge in [-0.05, 0) is 13.3 Å².